The monoisotopic (exact) mass is 1120 g/mol. The summed E-state index contributed by atoms with van der Waals surface area (Å²) < 4.78 is 200. The van der Waals surface area contributed by atoms with Crippen LogP contribution < -0.4 is 0 Å². The first-order chi connectivity index (χ1) is 38.3. The highest BCUT2D eigenvalue weighted by molar-refractivity contribution is 7.00. The molecule has 0 bridgehead atoms. The number of hydrogen-bond acceptors (Lipinski definition) is 3. The lowest BCUT2D eigenvalue weighted by atomic mass is 10.1. The summed E-state index contributed by atoms with van der Waals surface area (Å²) in [5.74, 6) is 0. The zero-order chi connectivity index (χ0) is 56.7. The molecule has 0 atom stereocenters. The second-order valence-corrected chi connectivity index (χ2v) is 21.2. The van der Waals surface area contributed by atoms with Crippen molar-refractivity contribution in [1.82, 2.24) is 27.0 Å². The minimum atomic E-state index is -4.95. The van der Waals surface area contributed by atoms with E-state index in [1.54, 1.807) is 110 Å². The molecule has 5 aromatic heterocycles. The van der Waals surface area contributed by atoms with Gasteiger partial charge in [0.2, 0.25) is 0 Å². The number of aryl methyl sites for hydroxylation is 4. The average Bonchev–Trinajstić information content (AvgIpc) is 4.43. The molecule has 14 aromatic rings. The van der Waals surface area contributed by atoms with E-state index in [9.17, 15) is 0 Å². The third-order valence-corrected chi connectivity index (χ3v) is 16.0. The standard InChI is InChI=1S/C62H36F12N6S/c1-29-5-13-37-41-17-9-33(59(63,64)65)25-49(41)77(45(37)21-29)55-53-54(76-81-75-53)56(78-46-22-30(2)6-14-38(46)42-18-10-34(26-50(42)78)60(66,67)68)58(80-48-24-32(4)8-16-40(48)44-20-12-36(28-52(44)80)62(72,73)74)57(55)79-47-23-31(3)7-15-39(47)43-19-11-35(27-51(43)79)61(69,70)71/h5-28H,1-4H3. The van der Waals surface area contributed by atoms with Crippen LogP contribution in [0.15, 0.2) is 146 Å². The van der Waals surface area contributed by atoms with Crippen LogP contribution in [0, 0.1) is 27.7 Å². The number of hydrogen-bond donors (Lipinski definition) is 0. The number of aromatic nitrogens is 6. The van der Waals surface area contributed by atoms with E-state index in [2.05, 4.69) is 0 Å². The van der Waals surface area contributed by atoms with Crippen molar-refractivity contribution in [2.24, 2.45) is 0 Å². The van der Waals surface area contributed by atoms with Crippen molar-refractivity contribution < 1.29 is 52.7 Å². The maximum absolute atomic E-state index is 15.4. The van der Waals surface area contributed by atoms with Gasteiger partial charge < -0.3 is 18.3 Å². The molecule has 0 unspecified atom stereocenters. The van der Waals surface area contributed by atoms with Gasteiger partial charge in [0.05, 0.1) is 89.5 Å². The van der Waals surface area contributed by atoms with E-state index in [1.165, 1.54) is 33.4 Å². The van der Waals surface area contributed by atoms with E-state index >= 15 is 52.7 Å². The third kappa shape index (κ3) is 7.49. The minimum Gasteiger partial charge on any atom is -0.305 e. The minimum absolute atomic E-state index is 0.0349. The van der Waals surface area contributed by atoms with Crippen LogP contribution >= 0.6 is 11.7 Å². The summed E-state index contributed by atoms with van der Waals surface area (Å²) in [6, 6.07) is 33.6. The largest absolute Gasteiger partial charge is 0.416 e. The second kappa shape index (κ2) is 16.9. The number of alkyl halides is 12. The first-order valence-corrected chi connectivity index (χ1v) is 25.9. The Morgan fingerprint density at radius 3 is 0.691 bits per heavy atom. The summed E-state index contributed by atoms with van der Waals surface area (Å²) >= 11 is 0.659. The summed E-state index contributed by atoms with van der Waals surface area (Å²) in [6.07, 6.45) is -19.7. The van der Waals surface area contributed by atoms with Gasteiger partial charge in [-0.3, -0.25) is 0 Å². The molecule has 81 heavy (non-hydrogen) atoms. The summed E-state index contributed by atoms with van der Waals surface area (Å²) in [5.41, 5.74) is -1.27. The van der Waals surface area contributed by atoms with Crippen LogP contribution in [0.25, 0.3) is 121 Å². The molecular formula is C62H36F12N6S. The van der Waals surface area contributed by atoms with Crippen LogP contribution in [0.5, 0.6) is 0 Å². The lowest BCUT2D eigenvalue weighted by molar-refractivity contribution is -0.138. The smallest absolute Gasteiger partial charge is 0.305 e. The Hall–Kier alpha value is -8.84. The summed E-state index contributed by atoms with van der Waals surface area (Å²) in [4.78, 5) is 0. The molecule has 14 rings (SSSR count). The van der Waals surface area contributed by atoms with Gasteiger partial charge in [0.1, 0.15) is 22.4 Å². The van der Waals surface area contributed by atoms with Crippen LogP contribution in [0.1, 0.15) is 44.5 Å². The predicted octanol–water partition coefficient (Wildman–Crippen LogP) is 19.4. The number of rotatable bonds is 4. The fraction of sp³-hybridized carbons (Fsp3) is 0.129. The van der Waals surface area contributed by atoms with Crippen molar-refractivity contribution in [3.8, 4) is 22.7 Å². The fourth-order valence-corrected chi connectivity index (χ4v) is 12.5. The molecule has 6 nitrogen and oxygen atoms in total. The molecule has 404 valence electrons. The van der Waals surface area contributed by atoms with E-state index in [0.29, 0.717) is 77.3 Å². The molecule has 0 fully saturated rings. The van der Waals surface area contributed by atoms with Crippen LogP contribution in [0.4, 0.5) is 52.7 Å². The quantitative estimate of drug-likeness (QED) is 0.165. The van der Waals surface area contributed by atoms with Gasteiger partial charge >= 0.3 is 24.7 Å². The van der Waals surface area contributed by atoms with E-state index in [-0.39, 0.29) is 77.7 Å². The highest BCUT2D eigenvalue weighted by Gasteiger charge is 2.39. The number of nitrogens with zero attached hydrogens (tertiary/aromatic N) is 6. The normalized spacial score (nSPS) is 13.2. The lowest BCUT2D eigenvalue weighted by Crippen LogP contribution is -2.15. The van der Waals surface area contributed by atoms with E-state index in [0.717, 1.165) is 48.5 Å². The highest BCUT2D eigenvalue weighted by Crippen LogP contribution is 2.52. The topological polar surface area (TPSA) is 45.5 Å². The number of halogens is 12. The van der Waals surface area contributed by atoms with Crippen LogP contribution in [-0.4, -0.2) is 27.0 Å². The first-order valence-electron chi connectivity index (χ1n) is 25.2. The zero-order valence-corrected chi connectivity index (χ0v) is 43.3. The molecule has 0 aliphatic rings. The second-order valence-electron chi connectivity index (χ2n) is 20.7. The molecule has 0 aliphatic carbocycles. The predicted molar refractivity (Wildman–Crippen MR) is 294 cm³/mol. The fourth-order valence-electron chi connectivity index (χ4n) is 12.0. The van der Waals surface area contributed by atoms with E-state index in [1.807, 2.05) is 0 Å². The van der Waals surface area contributed by atoms with Gasteiger partial charge in [-0.25, -0.2) is 0 Å². The number of benzene rings is 9. The number of fused-ring (bicyclic) bond motifs is 13. The van der Waals surface area contributed by atoms with Gasteiger partial charge in [0.15, 0.2) is 0 Å². The maximum Gasteiger partial charge on any atom is 0.416 e. The van der Waals surface area contributed by atoms with Gasteiger partial charge in [-0.1, -0.05) is 72.8 Å². The van der Waals surface area contributed by atoms with Gasteiger partial charge in [-0.2, -0.15) is 61.4 Å². The van der Waals surface area contributed by atoms with E-state index < -0.39 is 47.0 Å². The van der Waals surface area contributed by atoms with Gasteiger partial charge in [-0.05, 0) is 123 Å². The Morgan fingerprint density at radius 2 is 0.469 bits per heavy atom. The molecule has 0 amide bonds. The summed E-state index contributed by atoms with van der Waals surface area (Å²) in [6.45, 7) is 7.05. The Morgan fingerprint density at radius 1 is 0.272 bits per heavy atom. The van der Waals surface area contributed by atoms with Crippen molar-refractivity contribution in [2.45, 2.75) is 52.4 Å². The van der Waals surface area contributed by atoms with Crippen molar-refractivity contribution in [2.75, 3.05) is 0 Å². The molecule has 0 saturated heterocycles. The average molecular weight is 1130 g/mol. The SMILES string of the molecule is Cc1ccc2c3ccc(C(F)(F)F)cc3n(-c3c(-n4c5cc(C)ccc5c5ccc(C(F)(F)F)cc54)c(-n4c5cc(C)ccc5c5ccc(C(F)(F)F)cc54)c4nsnc4c3-n3c4cc(C)ccc4c4ccc(C(F)(F)F)cc43)c2c1. The zero-order valence-electron chi connectivity index (χ0n) is 42.5. The maximum atomic E-state index is 15.4. The Labute approximate surface area is 453 Å². The van der Waals surface area contributed by atoms with Crippen LogP contribution in [-0.2, 0) is 24.7 Å². The van der Waals surface area contributed by atoms with Crippen molar-refractivity contribution >= 4 is 110 Å². The van der Waals surface area contributed by atoms with E-state index in [4.69, 9.17) is 8.75 Å². The highest BCUT2D eigenvalue weighted by atomic mass is 32.1. The van der Waals surface area contributed by atoms with Crippen LogP contribution in [0.2, 0.25) is 0 Å². The molecule has 0 radical (unpaired) electrons. The molecule has 0 aliphatic heterocycles. The molecule has 0 saturated carbocycles. The molecule has 19 heteroatoms. The van der Waals surface area contributed by atoms with Gasteiger partial charge in [0, 0.05) is 43.1 Å². The Kier molecular flexibility index (Phi) is 10.5. The molecule has 5 heterocycles. The van der Waals surface area contributed by atoms with Gasteiger partial charge in [-0.15, -0.1) is 0 Å². The van der Waals surface area contributed by atoms with Crippen molar-refractivity contribution in [1.29, 1.82) is 0 Å². The van der Waals surface area contributed by atoms with Crippen molar-refractivity contribution in [3.63, 3.8) is 0 Å². The summed E-state index contributed by atoms with van der Waals surface area (Å²) in [5, 5.41) is 2.94. The van der Waals surface area contributed by atoms with Crippen LogP contribution in [0.3, 0.4) is 0 Å². The molecular weight excluding hydrogens is 1090 g/mol. The van der Waals surface area contributed by atoms with Gasteiger partial charge in [0.25, 0.3) is 0 Å². The molecule has 0 N–H and O–H groups in total. The summed E-state index contributed by atoms with van der Waals surface area (Å²) in [7, 11) is 0. The molecule has 9 aromatic carbocycles. The molecule has 0 spiro atoms. The lowest BCUT2D eigenvalue weighted by Gasteiger charge is -2.26. The van der Waals surface area contributed by atoms with Crippen molar-refractivity contribution in [3.05, 3.63) is 190 Å². The first kappa shape index (κ1) is 50.4. The Balaban J connectivity index is 1.37. The Bertz CT molecular complexity index is 4750. The third-order valence-electron chi connectivity index (χ3n) is 15.5.